The average Bonchev–Trinajstić information content (AvgIpc) is 2.58. The molecule has 4 aromatic rings. The molecular weight excluding hydrogens is 796 g/mol. The van der Waals surface area contributed by atoms with E-state index in [0.29, 0.717) is 16.5 Å². The van der Waals surface area contributed by atoms with Crippen LogP contribution >= 0.6 is 90.4 Å². The largest absolute Gasteiger partial charge is 0.507 e. The lowest BCUT2D eigenvalue weighted by Crippen LogP contribution is -1.92. The predicted molar refractivity (Wildman–Crippen MR) is 143 cm³/mol. The van der Waals surface area contributed by atoms with Gasteiger partial charge in [0.15, 0.2) is 0 Å². The van der Waals surface area contributed by atoms with E-state index >= 15 is 0 Å². The van der Waals surface area contributed by atoms with E-state index in [1.165, 1.54) is 0 Å². The molecule has 7 heteroatoms. The standard InChI is InChI=1S/C20H10I4O3/c21-8-1-2-10-11(3-8)13(23)6-16(26)18(10)20-17(27)7-14(24)12-4-9(22)5-15(25)19(12)20/h1-7,25-27H. The number of aromatic hydroxyl groups is 3. The van der Waals surface area contributed by atoms with Crippen LogP contribution in [0.25, 0.3) is 32.7 Å². The number of hydrogen-bond donors (Lipinski definition) is 3. The van der Waals surface area contributed by atoms with Crippen LogP contribution in [0.2, 0.25) is 0 Å². The molecule has 0 unspecified atom stereocenters. The van der Waals surface area contributed by atoms with E-state index < -0.39 is 0 Å². The lowest BCUT2D eigenvalue weighted by Gasteiger charge is -2.17. The molecule has 0 aliphatic carbocycles. The second-order valence-electron chi connectivity index (χ2n) is 6.04. The molecule has 27 heavy (non-hydrogen) atoms. The number of benzene rings is 4. The molecule has 0 atom stereocenters. The van der Waals surface area contributed by atoms with Crippen molar-refractivity contribution in [1.82, 2.24) is 0 Å². The van der Waals surface area contributed by atoms with Gasteiger partial charge in [-0.3, -0.25) is 0 Å². The smallest absolute Gasteiger partial charge is 0.125 e. The van der Waals surface area contributed by atoms with Crippen molar-refractivity contribution < 1.29 is 15.3 Å². The summed E-state index contributed by atoms with van der Waals surface area (Å²) in [4.78, 5) is 0. The van der Waals surface area contributed by atoms with Crippen molar-refractivity contribution in [2.75, 3.05) is 0 Å². The first-order valence-electron chi connectivity index (χ1n) is 7.72. The van der Waals surface area contributed by atoms with Crippen molar-refractivity contribution in [1.29, 1.82) is 0 Å². The first-order chi connectivity index (χ1) is 12.8. The van der Waals surface area contributed by atoms with E-state index in [-0.39, 0.29) is 17.2 Å². The SMILES string of the molecule is Oc1cc(I)c2cc(I)ccc2c1-c1c(O)cc(I)c2cc(I)cc(O)c12. The van der Waals surface area contributed by atoms with Gasteiger partial charge in [-0.1, -0.05) is 6.07 Å². The van der Waals surface area contributed by atoms with Crippen molar-refractivity contribution >= 4 is 112 Å². The number of halogens is 4. The zero-order valence-corrected chi connectivity index (χ0v) is 22.0. The van der Waals surface area contributed by atoms with Gasteiger partial charge in [-0.15, -0.1) is 0 Å². The van der Waals surface area contributed by atoms with Crippen LogP contribution in [0.5, 0.6) is 17.2 Å². The van der Waals surface area contributed by atoms with Crippen molar-refractivity contribution in [3.05, 3.63) is 56.7 Å². The molecule has 0 amide bonds. The molecule has 0 radical (unpaired) electrons. The molecule has 0 heterocycles. The summed E-state index contributed by atoms with van der Waals surface area (Å²) in [7, 11) is 0. The number of fused-ring (bicyclic) bond motifs is 2. The number of phenolic OH excluding ortho intramolecular Hbond substituents is 3. The summed E-state index contributed by atoms with van der Waals surface area (Å²) in [6, 6.07) is 13.0. The molecule has 0 aliphatic rings. The maximum absolute atomic E-state index is 10.8. The van der Waals surface area contributed by atoms with E-state index in [2.05, 4.69) is 96.4 Å². The van der Waals surface area contributed by atoms with Crippen molar-refractivity contribution in [3.8, 4) is 28.4 Å². The molecule has 0 spiro atoms. The molecule has 0 saturated carbocycles. The summed E-state index contributed by atoms with van der Waals surface area (Å²) < 4.78 is 3.75. The third-order valence-corrected chi connectivity index (χ3v) is 7.47. The molecule has 0 saturated heterocycles. The van der Waals surface area contributed by atoms with Crippen molar-refractivity contribution in [2.45, 2.75) is 0 Å². The van der Waals surface area contributed by atoms with Crippen LogP contribution in [0.15, 0.2) is 42.5 Å². The third kappa shape index (κ3) is 3.45. The maximum Gasteiger partial charge on any atom is 0.125 e. The Kier molecular flexibility index (Phi) is 5.57. The fourth-order valence-corrected chi connectivity index (χ4v) is 5.86. The fourth-order valence-electron chi connectivity index (χ4n) is 3.30. The minimum Gasteiger partial charge on any atom is -0.507 e. The second-order valence-corrected chi connectivity index (χ2v) is 10.9. The highest BCUT2D eigenvalue weighted by Gasteiger charge is 2.22. The number of rotatable bonds is 1. The molecule has 4 rings (SSSR count). The topological polar surface area (TPSA) is 60.7 Å². The molecule has 3 nitrogen and oxygen atoms in total. The van der Waals surface area contributed by atoms with E-state index in [9.17, 15) is 15.3 Å². The highest BCUT2D eigenvalue weighted by molar-refractivity contribution is 14.1. The number of hydrogen-bond acceptors (Lipinski definition) is 3. The fraction of sp³-hybridized carbons (Fsp3) is 0. The van der Waals surface area contributed by atoms with Crippen LogP contribution in [0.1, 0.15) is 0 Å². The van der Waals surface area contributed by atoms with Gasteiger partial charge in [0.1, 0.15) is 17.2 Å². The molecule has 0 aromatic heterocycles. The second kappa shape index (κ2) is 7.52. The predicted octanol–water partition coefficient (Wildman–Crippen LogP) is 7.20. The lowest BCUT2D eigenvalue weighted by molar-refractivity contribution is 0.468. The summed E-state index contributed by atoms with van der Waals surface area (Å²) in [5.74, 6) is 0.181. The first kappa shape index (κ1) is 20.0. The van der Waals surface area contributed by atoms with Gasteiger partial charge in [0.25, 0.3) is 0 Å². The maximum atomic E-state index is 10.8. The molecule has 3 N–H and O–H groups in total. The Morgan fingerprint density at radius 1 is 0.519 bits per heavy atom. The van der Waals surface area contributed by atoms with Gasteiger partial charge < -0.3 is 15.3 Å². The Morgan fingerprint density at radius 2 is 1.11 bits per heavy atom. The summed E-state index contributed by atoms with van der Waals surface area (Å²) in [5.41, 5.74) is 0.969. The molecule has 0 bridgehead atoms. The first-order valence-corrected chi connectivity index (χ1v) is 12.0. The molecule has 136 valence electrons. The molecule has 0 aliphatic heterocycles. The summed E-state index contributed by atoms with van der Waals surface area (Å²) in [5, 5.41) is 35.5. The van der Waals surface area contributed by atoms with E-state index in [1.54, 1.807) is 18.2 Å². The van der Waals surface area contributed by atoms with Gasteiger partial charge in [0.2, 0.25) is 0 Å². The lowest BCUT2D eigenvalue weighted by atomic mass is 9.92. The average molecular weight is 806 g/mol. The zero-order valence-electron chi connectivity index (χ0n) is 13.4. The quantitative estimate of drug-likeness (QED) is 0.179. The van der Waals surface area contributed by atoms with Crippen LogP contribution in [-0.4, -0.2) is 15.3 Å². The van der Waals surface area contributed by atoms with Crippen LogP contribution in [0.3, 0.4) is 0 Å². The van der Waals surface area contributed by atoms with Gasteiger partial charge in [-0.2, -0.15) is 0 Å². The number of phenols is 3. The normalized spacial score (nSPS) is 11.4. The summed E-state index contributed by atoms with van der Waals surface area (Å²) >= 11 is 8.77. The van der Waals surface area contributed by atoms with E-state index in [1.807, 2.05) is 18.2 Å². The Labute approximate surface area is 209 Å². The highest BCUT2D eigenvalue weighted by atomic mass is 127. The Balaban J connectivity index is 2.25. The Hall–Kier alpha value is -0.280. The van der Waals surface area contributed by atoms with E-state index in [4.69, 9.17) is 0 Å². The van der Waals surface area contributed by atoms with Gasteiger partial charge >= 0.3 is 0 Å². The van der Waals surface area contributed by atoms with E-state index in [0.717, 1.165) is 30.4 Å². The molecule has 0 fully saturated rings. The van der Waals surface area contributed by atoms with Gasteiger partial charge in [0.05, 0.1) is 0 Å². The van der Waals surface area contributed by atoms with Crippen LogP contribution < -0.4 is 0 Å². The molecule has 4 aromatic carbocycles. The van der Waals surface area contributed by atoms with Crippen molar-refractivity contribution in [3.63, 3.8) is 0 Å². The van der Waals surface area contributed by atoms with Gasteiger partial charge in [-0.25, -0.2) is 0 Å². The van der Waals surface area contributed by atoms with Crippen LogP contribution in [-0.2, 0) is 0 Å². The molecular formula is C20H10I4O3. The summed E-state index contributed by atoms with van der Waals surface area (Å²) in [6.07, 6.45) is 0. The zero-order chi connectivity index (χ0) is 19.5. The summed E-state index contributed by atoms with van der Waals surface area (Å²) in [6.45, 7) is 0. The Morgan fingerprint density at radius 3 is 1.81 bits per heavy atom. The van der Waals surface area contributed by atoms with Crippen molar-refractivity contribution in [2.24, 2.45) is 0 Å². The monoisotopic (exact) mass is 806 g/mol. The van der Waals surface area contributed by atoms with Gasteiger partial charge in [-0.05, 0) is 138 Å². The van der Waals surface area contributed by atoms with Crippen LogP contribution in [0, 0.1) is 14.3 Å². The highest BCUT2D eigenvalue weighted by Crippen LogP contribution is 2.49. The Bertz CT molecular complexity index is 1250. The van der Waals surface area contributed by atoms with Gasteiger partial charge in [0, 0.05) is 36.2 Å². The van der Waals surface area contributed by atoms with Crippen LogP contribution in [0.4, 0.5) is 0 Å². The minimum absolute atomic E-state index is 0.0276. The third-order valence-electron chi connectivity index (χ3n) is 4.39. The minimum atomic E-state index is 0.0276.